The predicted molar refractivity (Wildman–Crippen MR) is 77.3 cm³/mol. The molecule has 0 bridgehead atoms. The van der Waals surface area contributed by atoms with Crippen molar-refractivity contribution in [2.24, 2.45) is 5.92 Å². The maximum atomic E-state index is 11.9. The molecule has 6 heteroatoms. The number of carbonyl (C=O) groups is 1. The zero-order valence-corrected chi connectivity index (χ0v) is 12.2. The first kappa shape index (κ1) is 13.8. The molecule has 1 aliphatic heterocycles. The highest BCUT2D eigenvalue weighted by atomic mass is 35.5. The normalized spacial score (nSPS) is 19.4. The van der Waals surface area contributed by atoms with Crippen molar-refractivity contribution in [1.82, 2.24) is 0 Å². The van der Waals surface area contributed by atoms with E-state index in [2.05, 4.69) is 12.6 Å². The van der Waals surface area contributed by atoms with Crippen molar-refractivity contribution in [3.8, 4) is 5.75 Å². The Morgan fingerprint density at radius 3 is 2.72 bits per heavy atom. The molecule has 0 aliphatic carbocycles. The van der Waals surface area contributed by atoms with Gasteiger partial charge in [-0.1, -0.05) is 23.2 Å². The van der Waals surface area contributed by atoms with Crippen molar-refractivity contribution in [2.45, 2.75) is 6.42 Å². The highest BCUT2D eigenvalue weighted by Gasteiger charge is 2.31. The summed E-state index contributed by atoms with van der Waals surface area (Å²) >= 11 is 16.3. The van der Waals surface area contributed by atoms with Crippen LogP contribution in [0.15, 0.2) is 12.1 Å². The molecule has 1 saturated heterocycles. The minimum atomic E-state index is 0.0559. The molecular weight excluding hydrogens is 293 g/mol. The van der Waals surface area contributed by atoms with E-state index in [0.29, 0.717) is 40.2 Å². The van der Waals surface area contributed by atoms with E-state index in [9.17, 15) is 4.79 Å². The van der Waals surface area contributed by atoms with Crippen molar-refractivity contribution in [3.05, 3.63) is 22.2 Å². The third kappa shape index (κ3) is 2.56. The van der Waals surface area contributed by atoms with Gasteiger partial charge in [0.25, 0.3) is 0 Å². The number of anilines is 1. The molecule has 3 nitrogen and oxygen atoms in total. The molecule has 1 heterocycles. The maximum absolute atomic E-state index is 11.9. The number of amides is 1. The number of hydrogen-bond acceptors (Lipinski definition) is 3. The van der Waals surface area contributed by atoms with Crippen LogP contribution in [0.4, 0.5) is 5.69 Å². The van der Waals surface area contributed by atoms with Crippen LogP contribution in [0.5, 0.6) is 5.75 Å². The zero-order chi connectivity index (χ0) is 13.3. The SMILES string of the molecule is COc1cc(N2CC(CS)CC2=O)c(Cl)cc1Cl. The van der Waals surface area contributed by atoms with E-state index in [0.717, 1.165) is 0 Å². The van der Waals surface area contributed by atoms with Gasteiger partial charge in [-0.3, -0.25) is 4.79 Å². The summed E-state index contributed by atoms with van der Waals surface area (Å²) in [5.41, 5.74) is 0.646. The summed E-state index contributed by atoms with van der Waals surface area (Å²) in [5, 5.41) is 0.887. The second-order valence-corrected chi connectivity index (χ2v) is 5.37. The van der Waals surface area contributed by atoms with Gasteiger partial charge in [-0.2, -0.15) is 12.6 Å². The van der Waals surface area contributed by atoms with Gasteiger partial charge in [-0.05, 0) is 17.7 Å². The number of hydrogen-bond donors (Lipinski definition) is 1. The molecule has 1 atom stereocenters. The third-order valence-corrected chi connectivity index (χ3v) is 4.09. The lowest BCUT2D eigenvalue weighted by molar-refractivity contribution is -0.117. The molecule has 0 saturated carbocycles. The van der Waals surface area contributed by atoms with Crippen LogP contribution in [0.2, 0.25) is 10.0 Å². The van der Waals surface area contributed by atoms with E-state index in [-0.39, 0.29) is 11.8 Å². The maximum Gasteiger partial charge on any atom is 0.227 e. The van der Waals surface area contributed by atoms with Gasteiger partial charge in [-0.25, -0.2) is 0 Å². The Balaban J connectivity index is 2.36. The van der Waals surface area contributed by atoms with Crippen LogP contribution in [-0.4, -0.2) is 25.3 Å². The number of ether oxygens (including phenoxy) is 1. The minimum Gasteiger partial charge on any atom is -0.495 e. The summed E-state index contributed by atoms with van der Waals surface area (Å²) < 4.78 is 5.14. The Morgan fingerprint density at radius 1 is 1.44 bits per heavy atom. The molecule has 0 aromatic heterocycles. The molecule has 2 rings (SSSR count). The predicted octanol–water partition coefficient (Wildman–Crippen LogP) is 3.28. The Bertz CT molecular complexity index is 481. The van der Waals surface area contributed by atoms with Crippen molar-refractivity contribution in [2.75, 3.05) is 24.3 Å². The van der Waals surface area contributed by atoms with Gasteiger partial charge in [0.15, 0.2) is 0 Å². The highest BCUT2D eigenvalue weighted by Crippen LogP contribution is 2.38. The number of carbonyl (C=O) groups excluding carboxylic acids is 1. The third-order valence-electron chi connectivity index (χ3n) is 2.98. The van der Waals surface area contributed by atoms with Gasteiger partial charge in [0.1, 0.15) is 5.75 Å². The number of methoxy groups -OCH3 is 1. The molecule has 1 aliphatic rings. The first-order chi connectivity index (χ1) is 8.56. The molecule has 1 aromatic rings. The summed E-state index contributed by atoms with van der Waals surface area (Å²) in [6.07, 6.45) is 0.505. The smallest absolute Gasteiger partial charge is 0.227 e. The summed E-state index contributed by atoms with van der Waals surface area (Å²) in [7, 11) is 1.53. The molecule has 18 heavy (non-hydrogen) atoms. The van der Waals surface area contributed by atoms with Crippen LogP contribution in [0, 0.1) is 5.92 Å². The molecule has 1 fully saturated rings. The molecule has 1 aromatic carbocycles. The topological polar surface area (TPSA) is 29.5 Å². The lowest BCUT2D eigenvalue weighted by Gasteiger charge is -2.19. The summed E-state index contributed by atoms with van der Waals surface area (Å²) in [4.78, 5) is 13.6. The first-order valence-electron chi connectivity index (χ1n) is 5.51. The minimum absolute atomic E-state index is 0.0559. The number of thiol groups is 1. The van der Waals surface area contributed by atoms with E-state index >= 15 is 0 Å². The van der Waals surface area contributed by atoms with Gasteiger partial charge in [0, 0.05) is 19.0 Å². The molecule has 0 spiro atoms. The Kier molecular flexibility index (Phi) is 4.30. The van der Waals surface area contributed by atoms with E-state index in [1.807, 2.05) is 0 Å². The van der Waals surface area contributed by atoms with Gasteiger partial charge in [-0.15, -0.1) is 0 Å². The van der Waals surface area contributed by atoms with Crippen LogP contribution in [0.25, 0.3) is 0 Å². The van der Waals surface area contributed by atoms with Crippen molar-refractivity contribution >= 4 is 47.4 Å². The van der Waals surface area contributed by atoms with Crippen LogP contribution in [0.1, 0.15) is 6.42 Å². The van der Waals surface area contributed by atoms with Crippen molar-refractivity contribution in [1.29, 1.82) is 0 Å². The van der Waals surface area contributed by atoms with E-state index in [4.69, 9.17) is 27.9 Å². The van der Waals surface area contributed by atoms with E-state index in [1.54, 1.807) is 17.0 Å². The molecular formula is C12H13Cl2NO2S. The Hall–Kier alpha value is -0.580. The van der Waals surface area contributed by atoms with Crippen LogP contribution in [0.3, 0.4) is 0 Å². The molecule has 0 radical (unpaired) electrons. The molecule has 98 valence electrons. The Morgan fingerprint density at radius 2 is 2.17 bits per heavy atom. The summed E-state index contributed by atoms with van der Waals surface area (Å²) in [6, 6.07) is 3.29. The standard InChI is InChI=1S/C12H13Cl2NO2S/c1-17-11-4-10(8(13)3-9(11)14)15-5-7(6-18)2-12(15)16/h3-4,7,18H,2,5-6H2,1H3. The fourth-order valence-corrected chi connectivity index (χ4v) is 2.83. The second-order valence-electron chi connectivity index (χ2n) is 4.20. The van der Waals surface area contributed by atoms with Gasteiger partial charge >= 0.3 is 0 Å². The van der Waals surface area contributed by atoms with Crippen molar-refractivity contribution < 1.29 is 9.53 Å². The lowest BCUT2D eigenvalue weighted by atomic mass is 10.1. The number of benzene rings is 1. The van der Waals surface area contributed by atoms with Gasteiger partial charge < -0.3 is 9.64 Å². The largest absolute Gasteiger partial charge is 0.495 e. The van der Waals surface area contributed by atoms with Crippen LogP contribution in [-0.2, 0) is 4.79 Å². The molecule has 0 N–H and O–H groups in total. The Labute approximate surface area is 121 Å². The van der Waals surface area contributed by atoms with Crippen molar-refractivity contribution in [3.63, 3.8) is 0 Å². The molecule has 1 amide bonds. The number of nitrogens with zero attached hydrogens (tertiary/aromatic N) is 1. The zero-order valence-electron chi connectivity index (χ0n) is 9.82. The average Bonchev–Trinajstić information content (AvgIpc) is 2.71. The number of rotatable bonds is 3. The first-order valence-corrected chi connectivity index (χ1v) is 6.90. The van der Waals surface area contributed by atoms with Crippen LogP contribution >= 0.6 is 35.8 Å². The highest BCUT2D eigenvalue weighted by molar-refractivity contribution is 7.80. The van der Waals surface area contributed by atoms with E-state index in [1.165, 1.54) is 7.11 Å². The second kappa shape index (κ2) is 5.59. The van der Waals surface area contributed by atoms with Gasteiger partial charge in [0.2, 0.25) is 5.91 Å². The summed E-state index contributed by atoms with van der Waals surface area (Å²) in [5.74, 6) is 1.52. The molecule has 1 unspecified atom stereocenters. The average molecular weight is 306 g/mol. The number of halogens is 2. The van der Waals surface area contributed by atoms with Crippen LogP contribution < -0.4 is 9.64 Å². The fourth-order valence-electron chi connectivity index (χ4n) is 2.02. The summed E-state index contributed by atoms with van der Waals surface area (Å²) in [6.45, 7) is 0.632. The fraction of sp³-hybridized carbons (Fsp3) is 0.417. The van der Waals surface area contributed by atoms with E-state index < -0.39 is 0 Å². The lowest BCUT2D eigenvalue weighted by Crippen LogP contribution is -2.25. The monoisotopic (exact) mass is 305 g/mol. The quantitative estimate of drug-likeness (QED) is 0.869. The van der Waals surface area contributed by atoms with Gasteiger partial charge in [0.05, 0.1) is 22.8 Å².